The van der Waals surface area contributed by atoms with Crippen molar-refractivity contribution in [3.8, 4) is 10.6 Å². The quantitative estimate of drug-likeness (QED) is 0.582. The van der Waals surface area contributed by atoms with Gasteiger partial charge in [-0.2, -0.15) is 0 Å². The second-order valence-corrected chi connectivity index (χ2v) is 7.27. The van der Waals surface area contributed by atoms with Gasteiger partial charge in [-0.1, -0.05) is 36.4 Å². The number of imidazole rings is 1. The molecule has 1 N–H and O–H groups in total. The predicted octanol–water partition coefficient (Wildman–Crippen LogP) is 4.62. The number of benzene rings is 1. The average molecular weight is 353 g/mol. The number of nitrogens with one attached hydrogen (secondary N) is 1. The smallest absolute Gasteiger partial charge is 0.269 e. The third kappa shape index (κ3) is 2.74. The number of hydrogen-bond acceptors (Lipinski definition) is 4. The van der Waals surface area contributed by atoms with Gasteiger partial charge in [-0.3, -0.25) is 9.20 Å². The molecule has 4 rings (SSSR count). The van der Waals surface area contributed by atoms with Gasteiger partial charge in [0.1, 0.15) is 11.4 Å². The minimum Gasteiger partial charge on any atom is -0.344 e. The highest BCUT2D eigenvalue weighted by atomic mass is 32.1. The molecule has 3 aromatic heterocycles. The molecule has 0 saturated carbocycles. The Hall–Kier alpha value is -2.44. The van der Waals surface area contributed by atoms with Crippen molar-refractivity contribution in [1.29, 1.82) is 0 Å². The standard InChI is InChI=1S/C18H15N3OS2/c1-12(13-6-3-2-4-7-13)19-17(22)15-11-24-18-20-14(10-21(15)18)16-8-5-9-23-16/h2-12H,1H3,(H,19,22). The van der Waals surface area contributed by atoms with E-state index in [2.05, 4.69) is 10.3 Å². The molecule has 0 aliphatic heterocycles. The third-order valence-electron chi connectivity index (χ3n) is 3.86. The first-order valence-corrected chi connectivity index (χ1v) is 9.34. The summed E-state index contributed by atoms with van der Waals surface area (Å²) in [6, 6.07) is 13.9. The van der Waals surface area contributed by atoms with Crippen molar-refractivity contribution >= 4 is 33.5 Å². The molecule has 1 amide bonds. The molecule has 6 heteroatoms. The Balaban J connectivity index is 1.60. The molecular weight excluding hydrogens is 338 g/mol. The number of hydrogen-bond donors (Lipinski definition) is 1. The normalized spacial score (nSPS) is 12.4. The van der Waals surface area contributed by atoms with Crippen LogP contribution in [0.3, 0.4) is 0 Å². The van der Waals surface area contributed by atoms with Gasteiger partial charge in [0.05, 0.1) is 10.9 Å². The molecule has 0 fully saturated rings. The molecule has 1 atom stereocenters. The molecule has 0 saturated heterocycles. The lowest BCUT2D eigenvalue weighted by Crippen LogP contribution is -2.27. The lowest BCUT2D eigenvalue weighted by molar-refractivity contribution is 0.0934. The Bertz CT molecular complexity index is 970. The first-order chi connectivity index (χ1) is 11.7. The summed E-state index contributed by atoms with van der Waals surface area (Å²) in [5.74, 6) is -0.0901. The number of carbonyl (C=O) groups excluding carboxylic acids is 1. The van der Waals surface area contributed by atoms with Crippen molar-refractivity contribution in [1.82, 2.24) is 14.7 Å². The van der Waals surface area contributed by atoms with Crippen molar-refractivity contribution in [2.24, 2.45) is 0 Å². The van der Waals surface area contributed by atoms with Gasteiger partial charge in [0.25, 0.3) is 5.91 Å². The Labute approximate surface area is 147 Å². The summed E-state index contributed by atoms with van der Waals surface area (Å²) >= 11 is 3.12. The number of nitrogens with zero attached hydrogens (tertiary/aromatic N) is 2. The predicted molar refractivity (Wildman–Crippen MR) is 98.7 cm³/mol. The Morgan fingerprint density at radius 2 is 2.00 bits per heavy atom. The van der Waals surface area contributed by atoms with E-state index >= 15 is 0 Å². The first-order valence-electron chi connectivity index (χ1n) is 7.58. The fourth-order valence-corrected chi connectivity index (χ4v) is 4.12. The Kier molecular flexibility index (Phi) is 3.92. The monoisotopic (exact) mass is 353 g/mol. The van der Waals surface area contributed by atoms with E-state index < -0.39 is 0 Å². The van der Waals surface area contributed by atoms with E-state index in [0.29, 0.717) is 5.69 Å². The van der Waals surface area contributed by atoms with E-state index in [1.807, 2.05) is 70.7 Å². The maximum absolute atomic E-state index is 12.6. The van der Waals surface area contributed by atoms with Gasteiger partial charge < -0.3 is 5.32 Å². The van der Waals surface area contributed by atoms with Crippen LogP contribution >= 0.6 is 22.7 Å². The molecule has 0 radical (unpaired) electrons. The molecule has 0 bridgehead atoms. The van der Waals surface area contributed by atoms with Crippen LogP contribution < -0.4 is 5.32 Å². The minimum atomic E-state index is -0.0901. The highest BCUT2D eigenvalue weighted by molar-refractivity contribution is 7.15. The second kappa shape index (κ2) is 6.22. The summed E-state index contributed by atoms with van der Waals surface area (Å²) in [5, 5.41) is 6.94. The zero-order valence-electron chi connectivity index (χ0n) is 13.0. The van der Waals surface area contributed by atoms with Crippen molar-refractivity contribution < 1.29 is 4.79 Å². The van der Waals surface area contributed by atoms with Crippen LogP contribution in [0.4, 0.5) is 0 Å². The molecule has 0 aliphatic carbocycles. The highest BCUT2D eigenvalue weighted by Crippen LogP contribution is 2.27. The molecule has 1 unspecified atom stereocenters. The van der Waals surface area contributed by atoms with Crippen LogP contribution in [0.25, 0.3) is 15.5 Å². The summed E-state index contributed by atoms with van der Waals surface area (Å²) in [5.41, 5.74) is 2.61. The van der Waals surface area contributed by atoms with Crippen molar-refractivity contribution in [3.63, 3.8) is 0 Å². The largest absolute Gasteiger partial charge is 0.344 e. The van der Waals surface area contributed by atoms with E-state index in [-0.39, 0.29) is 11.9 Å². The fourth-order valence-electron chi connectivity index (χ4n) is 2.59. The third-order valence-corrected chi connectivity index (χ3v) is 5.59. The number of amides is 1. The van der Waals surface area contributed by atoms with E-state index in [4.69, 9.17) is 0 Å². The Morgan fingerprint density at radius 3 is 2.75 bits per heavy atom. The van der Waals surface area contributed by atoms with Crippen LogP contribution in [-0.4, -0.2) is 15.3 Å². The van der Waals surface area contributed by atoms with Gasteiger partial charge in [0, 0.05) is 11.6 Å². The number of thiazole rings is 1. The first kappa shape index (κ1) is 15.1. The summed E-state index contributed by atoms with van der Waals surface area (Å²) in [7, 11) is 0. The SMILES string of the molecule is CC(NC(=O)c1csc2nc(-c3cccs3)cn12)c1ccccc1. The van der Waals surface area contributed by atoms with Crippen LogP contribution in [0, 0.1) is 0 Å². The number of thiophene rings is 1. The average Bonchev–Trinajstić information content (AvgIpc) is 3.31. The lowest BCUT2D eigenvalue weighted by atomic mass is 10.1. The molecular formula is C18H15N3OS2. The van der Waals surface area contributed by atoms with Gasteiger partial charge in [-0.05, 0) is 23.9 Å². The van der Waals surface area contributed by atoms with E-state index in [9.17, 15) is 4.79 Å². The molecule has 24 heavy (non-hydrogen) atoms. The molecule has 0 aliphatic rings. The zero-order valence-corrected chi connectivity index (χ0v) is 14.6. The van der Waals surface area contributed by atoms with Gasteiger partial charge in [0.2, 0.25) is 0 Å². The number of aromatic nitrogens is 2. The summed E-state index contributed by atoms with van der Waals surface area (Å²) in [6.07, 6.45) is 1.93. The van der Waals surface area contributed by atoms with Crippen LogP contribution in [0.2, 0.25) is 0 Å². The number of fused-ring (bicyclic) bond motifs is 1. The van der Waals surface area contributed by atoms with Crippen LogP contribution in [0.5, 0.6) is 0 Å². The van der Waals surface area contributed by atoms with Crippen LogP contribution in [-0.2, 0) is 0 Å². The van der Waals surface area contributed by atoms with Crippen molar-refractivity contribution in [2.75, 3.05) is 0 Å². The van der Waals surface area contributed by atoms with E-state index in [1.165, 1.54) is 11.3 Å². The van der Waals surface area contributed by atoms with E-state index in [1.54, 1.807) is 11.3 Å². The van der Waals surface area contributed by atoms with Crippen LogP contribution in [0.15, 0.2) is 59.4 Å². The topological polar surface area (TPSA) is 46.4 Å². The fraction of sp³-hybridized carbons (Fsp3) is 0.111. The van der Waals surface area contributed by atoms with Gasteiger partial charge >= 0.3 is 0 Å². The molecule has 4 nitrogen and oxygen atoms in total. The van der Waals surface area contributed by atoms with Crippen LogP contribution in [0.1, 0.15) is 29.0 Å². The highest BCUT2D eigenvalue weighted by Gasteiger charge is 2.17. The zero-order chi connectivity index (χ0) is 16.5. The second-order valence-electron chi connectivity index (χ2n) is 5.48. The number of rotatable bonds is 4. The van der Waals surface area contributed by atoms with Gasteiger partial charge in [-0.15, -0.1) is 22.7 Å². The van der Waals surface area contributed by atoms with E-state index in [0.717, 1.165) is 21.1 Å². The minimum absolute atomic E-state index is 0.0473. The molecule has 120 valence electrons. The molecule has 3 heterocycles. The Morgan fingerprint density at radius 1 is 1.17 bits per heavy atom. The summed E-state index contributed by atoms with van der Waals surface area (Å²) < 4.78 is 1.87. The van der Waals surface area contributed by atoms with Gasteiger partial charge in [0.15, 0.2) is 4.96 Å². The summed E-state index contributed by atoms with van der Waals surface area (Å²) in [4.78, 5) is 19.2. The molecule has 4 aromatic rings. The van der Waals surface area contributed by atoms with Crippen molar-refractivity contribution in [2.45, 2.75) is 13.0 Å². The van der Waals surface area contributed by atoms with Crippen molar-refractivity contribution in [3.05, 3.63) is 70.7 Å². The maximum atomic E-state index is 12.6. The maximum Gasteiger partial charge on any atom is 0.269 e. The molecule has 0 spiro atoms. The van der Waals surface area contributed by atoms with Gasteiger partial charge in [-0.25, -0.2) is 4.98 Å². The summed E-state index contributed by atoms with van der Waals surface area (Å²) in [6.45, 7) is 1.99. The molecule has 1 aromatic carbocycles. The lowest BCUT2D eigenvalue weighted by Gasteiger charge is -2.13. The number of carbonyl (C=O) groups is 1.